The van der Waals surface area contributed by atoms with E-state index in [-0.39, 0.29) is 24.0 Å². The Hall–Kier alpha value is -0.790. The van der Waals surface area contributed by atoms with Crippen molar-refractivity contribution >= 4 is 29.9 Å². The van der Waals surface area contributed by atoms with E-state index in [1.807, 2.05) is 30.2 Å². The van der Waals surface area contributed by atoms with Crippen molar-refractivity contribution in [3.8, 4) is 0 Å². The summed E-state index contributed by atoms with van der Waals surface area (Å²) in [5.41, 5.74) is 0. The predicted octanol–water partition coefficient (Wildman–Crippen LogP) is 2.24. The average molecular weight is 391 g/mol. The van der Waals surface area contributed by atoms with Crippen molar-refractivity contribution < 1.29 is 0 Å². The summed E-state index contributed by atoms with van der Waals surface area (Å²) < 4.78 is 1.97. The second-order valence-corrected chi connectivity index (χ2v) is 5.41. The summed E-state index contributed by atoms with van der Waals surface area (Å²) in [5.74, 6) is 1.45. The number of nitrogens with zero attached hydrogens (tertiary/aromatic N) is 3. The van der Waals surface area contributed by atoms with Gasteiger partial charge in [-0.3, -0.25) is 9.67 Å². The summed E-state index contributed by atoms with van der Waals surface area (Å²) in [6.45, 7) is 4.06. The molecule has 6 heteroatoms. The number of nitrogens with one attached hydrogen (secondary N) is 2. The molecule has 2 N–H and O–H groups in total. The Labute approximate surface area is 138 Å². The lowest BCUT2D eigenvalue weighted by atomic mass is 10.2. The van der Waals surface area contributed by atoms with E-state index in [1.54, 1.807) is 0 Å². The van der Waals surface area contributed by atoms with Gasteiger partial charge in [0.15, 0.2) is 5.96 Å². The summed E-state index contributed by atoms with van der Waals surface area (Å²) in [7, 11) is 1.84. The van der Waals surface area contributed by atoms with Crippen LogP contribution >= 0.6 is 24.0 Å². The Bertz CT molecular complexity index is 384. The largest absolute Gasteiger partial charge is 0.356 e. The number of guanidine groups is 1. The average Bonchev–Trinajstić information content (AvgIpc) is 3.07. The Morgan fingerprint density at radius 3 is 2.80 bits per heavy atom. The number of aromatic nitrogens is 2. The van der Waals surface area contributed by atoms with Crippen LogP contribution in [0.5, 0.6) is 0 Å². The van der Waals surface area contributed by atoms with Gasteiger partial charge in [0.05, 0.1) is 0 Å². The normalized spacial score (nSPS) is 17.6. The number of hydrogen-bond donors (Lipinski definition) is 2. The van der Waals surface area contributed by atoms with Gasteiger partial charge in [0.2, 0.25) is 0 Å². The van der Waals surface area contributed by atoms with E-state index in [0.29, 0.717) is 12.0 Å². The van der Waals surface area contributed by atoms with Crippen LogP contribution in [-0.4, -0.2) is 35.4 Å². The van der Waals surface area contributed by atoms with E-state index >= 15 is 0 Å². The third kappa shape index (κ3) is 5.68. The topological polar surface area (TPSA) is 54.2 Å². The summed E-state index contributed by atoms with van der Waals surface area (Å²) in [6.07, 6.45) is 9.03. The summed E-state index contributed by atoms with van der Waals surface area (Å²) in [5, 5.41) is 11.1. The first-order valence-corrected chi connectivity index (χ1v) is 7.22. The van der Waals surface area contributed by atoms with Gasteiger partial charge in [-0.2, -0.15) is 5.10 Å². The summed E-state index contributed by atoms with van der Waals surface area (Å²) in [4.78, 5) is 4.29. The third-order valence-corrected chi connectivity index (χ3v) is 3.60. The molecule has 0 spiro atoms. The van der Waals surface area contributed by atoms with Crippen molar-refractivity contribution in [3.63, 3.8) is 0 Å². The zero-order valence-corrected chi connectivity index (χ0v) is 14.7. The Morgan fingerprint density at radius 1 is 1.45 bits per heavy atom. The molecule has 2 rings (SSSR count). The molecule has 0 radical (unpaired) electrons. The van der Waals surface area contributed by atoms with E-state index < -0.39 is 0 Å². The number of halogens is 1. The third-order valence-electron chi connectivity index (χ3n) is 3.60. The van der Waals surface area contributed by atoms with Gasteiger partial charge in [0.25, 0.3) is 0 Å². The summed E-state index contributed by atoms with van der Waals surface area (Å²) >= 11 is 0. The van der Waals surface area contributed by atoms with Gasteiger partial charge in [-0.25, -0.2) is 0 Å². The highest BCUT2D eigenvalue weighted by molar-refractivity contribution is 14.0. The maximum Gasteiger partial charge on any atom is 0.191 e. The van der Waals surface area contributed by atoms with E-state index in [1.165, 1.54) is 25.7 Å². The van der Waals surface area contributed by atoms with Gasteiger partial charge in [0, 0.05) is 38.6 Å². The fourth-order valence-corrected chi connectivity index (χ4v) is 2.52. The smallest absolute Gasteiger partial charge is 0.191 e. The minimum atomic E-state index is 0. The fraction of sp³-hybridized carbons (Fsp3) is 0.714. The number of hydrogen-bond acceptors (Lipinski definition) is 2. The molecular weight excluding hydrogens is 365 g/mol. The van der Waals surface area contributed by atoms with Crippen molar-refractivity contribution in [2.75, 3.05) is 13.6 Å². The van der Waals surface area contributed by atoms with Gasteiger partial charge in [-0.15, -0.1) is 24.0 Å². The second kappa shape index (κ2) is 9.20. The van der Waals surface area contributed by atoms with Gasteiger partial charge >= 0.3 is 0 Å². The van der Waals surface area contributed by atoms with Crippen LogP contribution in [0.3, 0.4) is 0 Å². The molecule has 114 valence electrons. The SMILES string of the molecule is CN=C(NCC(C)Cn1cccn1)NC1CCCC1.I. The second-order valence-electron chi connectivity index (χ2n) is 5.41. The fourth-order valence-electron chi connectivity index (χ4n) is 2.52. The monoisotopic (exact) mass is 391 g/mol. The zero-order chi connectivity index (χ0) is 13.5. The number of aliphatic imine (C=N–C) groups is 1. The van der Waals surface area contributed by atoms with Gasteiger partial charge in [0.1, 0.15) is 0 Å². The maximum atomic E-state index is 4.29. The summed E-state index contributed by atoms with van der Waals surface area (Å²) in [6, 6.07) is 2.56. The van der Waals surface area contributed by atoms with Crippen LogP contribution in [0.1, 0.15) is 32.6 Å². The molecule has 1 aliphatic carbocycles. The molecule has 1 heterocycles. The molecule has 1 fully saturated rings. The maximum absolute atomic E-state index is 4.29. The molecule has 0 aliphatic heterocycles. The highest BCUT2D eigenvalue weighted by Gasteiger charge is 2.16. The van der Waals surface area contributed by atoms with E-state index in [0.717, 1.165) is 19.0 Å². The molecule has 1 unspecified atom stereocenters. The Morgan fingerprint density at radius 2 is 2.20 bits per heavy atom. The number of rotatable bonds is 5. The van der Waals surface area contributed by atoms with E-state index in [4.69, 9.17) is 0 Å². The lowest BCUT2D eigenvalue weighted by molar-refractivity contribution is 0.442. The predicted molar refractivity (Wildman–Crippen MR) is 93.6 cm³/mol. The first-order valence-electron chi connectivity index (χ1n) is 7.22. The Kier molecular flexibility index (Phi) is 7.94. The zero-order valence-electron chi connectivity index (χ0n) is 12.4. The molecule has 20 heavy (non-hydrogen) atoms. The lowest BCUT2D eigenvalue weighted by Crippen LogP contribution is -2.44. The van der Waals surface area contributed by atoms with Crippen LogP contribution in [-0.2, 0) is 6.54 Å². The van der Waals surface area contributed by atoms with Gasteiger partial charge < -0.3 is 10.6 Å². The van der Waals surface area contributed by atoms with Crippen molar-refractivity contribution in [3.05, 3.63) is 18.5 Å². The van der Waals surface area contributed by atoms with Crippen LogP contribution in [0.2, 0.25) is 0 Å². The molecular formula is C14H26IN5. The lowest BCUT2D eigenvalue weighted by Gasteiger charge is -2.19. The van der Waals surface area contributed by atoms with Crippen LogP contribution in [0, 0.1) is 5.92 Å². The molecule has 1 atom stereocenters. The molecule has 1 aromatic heterocycles. The first-order chi connectivity index (χ1) is 9.28. The van der Waals surface area contributed by atoms with E-state index in [2.05, 4.69) is 27.6 Å². The highest BCUT2D eigenvalue weighted by atomic mass is 127. The van der Waals surface area contributed by atoms with Crippen LogP contribution < -0.4 is 10.6 Å². The van der Waals surface area contributed by atoms with Crippen LogP contribution in [0.15, 0.2) is 23.5 Å². The Balaban J connectivity index is 0.00000200. The van der Waals surface area contributed by atoms with Crippen LogP contribution in [0.4, 0.5) is 0 Å². The van der Waals surface area contributed by atoms with E-state index in [9.17, 15) is 0 Å². The molecule has 1 aliphatic rings. The van der Waals surface area contributed by atoms with Crippen molar-refractivity contribution in [1.82, 2.24) is 20.4 Å². The van der Waals surface area contributed by atoms with Crippen molar-refractivity contribution in [2.45, 2.75) is 45.2 Å². The minimum absolute atomic E-state index is 0. The standard InChI is InChI=1S/C14H25N5.HI/c1-12(11-19-9-5-8-17-19)10-16-14(15-2)18-13-6-3-4-7-13;/h5,8-9,12-13H,3-4,6-7,10-11H2,1-2H3,(H2,15,16,18);1H. The van der Waals surface area contributed by atoms with Crippen molar-refractivity contribution in [1.29, 1.82) is 0 Å². The molecule has 0 bridgehead atoms. The van der Waals surface area contributed by atoms with Gasteiger partial charge in [-0.1, -0.05) is 19.8 Å². The molecule has 1 saturated carbocycles. The van der Waals surface area contributed by atoms with Gasteiger partial charge in [-0.05, 0) is 24.8 Å². The molecule has 0 saturated heterocycles. The molecule has 0 amide bonds. The van der Waals surface area contributed by atoms with Crippen molar-refractivity contribution in [2.24, 2.45) is 10.9 Å². The molecule has 1 aromatic rings. The quantitative estimate of drug-likeness (QED) is 0.460. The molecule has 0 aromatic carbocycles. The first kappa shape index (κ1) is 17.3. The van der Waals surface area contributed by atoms with Crippen LogP contribution in [0.25, 0.3) is 0 Å². The molecule has 5 nitrogen and oxygen atoms in total. The minimum Gasteiger partial charge on any atom is -0.356 e. The highest BCUT2D eigenvalue weighted by Crippen LogP contribution is 2.17.